The molecule has 0 spiro atoms. The van der Waals surface area contributed by atoms with Crippen molar-refractivity contribution in [2.45, 2.75) is 0 Å². The van der Waals surface area contributed by atoms with Gasteiger partial charge in [-0.25, -0.2) is 9.37 Å². The largest absolute Gasteiger partial charge is 0.368 e. The summed E-state index contributed by atoms with van der Waals surface area (Å²) < 4.78 is 14.8. The van der Waals surface area contributed by atoms with Gasteiger partial charge in [-0.2, -0.15) is 0 Å². The van der Waals surface area contributed by atoms with Gasteiger partial charge in [0, 0.05) is 44.3 Å². The van der Waals surface area contributed by atoms with Gasteiger partial charge in [-0.15, -0.1) is 0 Å². The standard InChI is InChI=1S/C18H16ClFN4O/c19-13-1-6-17-21-16(12-24(17)11-13)18(25)23-9-7-22(8-10-23)15-4-2-14(20)3-5-15/h1-6,11-12H,7-10H2. The lowest BCUT2D eigenvalue weighted by Crippen LogP contribution is -2.48. The molecule has 3 aromatic rings. The molecule has 1 aromatic carbocycles. The van der Waals surface area contributed by atoms with Gasteiger partial charge < -0.3 is 14.2 Å². The third-order valence-corrected chi connectivity index (χ3v) is 4.62. The van der Waals surface area contributed by atoms with Gasteiger partial charge in [0.05, 0.1) is 5.02 Å². The molecule has 5 nitrogen and oxygen atoms in total. The summed E-state index contributed by atoms with van der Waals surface area (Å²) in [7, 11) is 0. The Morgan fingerprint density at radius 2 is 1.72 bits per heavy atom. The lowest BCUT2D eigenvalue weighted by molar-refractivity contribution is 0.0741. The topological polar surface area (TPSA) is 40.9 Å². The van der Waals surface area contributed by atoms with Crippen molar-refractivity contribution in [3.8, 4) is 0 Å². The molecule has 128 valence electrons. The molecule has 7 heteroatoms. The van der Waals surface area contributed by atoms with Crippen LogP contribution in [0.25, 0.3) is 5.65 Å². The number of fused-ring (bicyclic) bond motifs is 1. The van der Waals surface area contributed by atoms with Crippen LogP contribution in [0.15, 0.2) is 48.8 Å². The Morgan fingerprint density at radius 1 is 1.00 bits per heavy atom. The number of halogens is 2. The average molecular weight is 359 g/mol. The van der Waals surface area contributed by atoms with Gasteiger partial charge in [-0.05, 0) is 36.4 Å². The maximum atomic E-state index is 13.0. The van der Waals surface area contributed by atoms with E-state index in [9.17, 15) is 9.18 Å². The zero-order valence-corrected chi connectivity index (χ0v) is 14.2. The van der Waals surface area contributed by atoms with Crippen molar-refractivity contribution in [1.29, 1.82) is 0 Å². The first-order valence-corrected chi connectivity index (χ1v) is 8.42. The molecule has 1 fully saturated rings. The van der Waals surface area contributed by atoms with Gasteiger partial charge in [0.25, 0.3) is 5.91 Å². The summed E-state index contributed by atoms with van der Waals surface area (Å²) >= 11 is 5.97. The second kappa shape index (κ2) is 6.37. The second-order valence-electron chi connectivity index (χ2n) is 5.99. The van der Waals surface area contributed by atoms with E-state index in [0.29, 0.717) is 42.5 Å². The van der Waals surface area contributed by atoms with Crippen LogP contribution in [0.3, 0.4) is 0 Å². The van der Waals surface area contributed by atoms with Crippen LogP contribution in [-0.2, 0) is 0 Å². The van der Waals surface area contributed by atoms with Gasteiger partial charge in [0.2, 0.25) is 0 Å². The van der Waals surface area contributed by atoms with E-state index < -0.39 is 0 Å². The molecule has 4 rings (SSSR count). The Balaban J connectivity index is 1.46. The van der Waals surface area contributed by atoms with Gasteiger partial charge >= 0.3 is 0 Å². The monoisotopic (exact) mass is 358 g/mol. The summed E-state index contributed by atoms with van der Waals surface area (Å²) in [6.45, 7) is 2.61. The van der Waals surface area contributed by atoms with Crippen LogP contribution in [-0.4, -0.2) is 46.4 Å². The van der Waals surface area contributed by atoms with E-state index in [0.717, 1.165) is 5.69 Å². The quantitative estimate of drug-likeness (QED) is 0.707. The third kappa shape index (κ3) is 3.17. The SMILES string of the molecule is O=C(c1cn2cc(Cl)ccc2n1)N1CCN(c2ccc(F)cc2)CC1. The Morgan fingerprint density at radius 3 is 2.44 bits per heavy atom. The molecule has 1 amide bonds. The molecule has 1 aliphatic heterocycles. The van der Waals surface area contributed by atoms with E-state index in [1.54, 1.807) is 46.0 Å². The van der Waals surface area contributed by atoms with Gasteiger partial charge in [-0.1, -0.05) is 11.6 Å². The van der Waals surface area contributed by atoms with Crippen LogP contribution in [0.5, 0.6) is 0 Å². The molecule has 0 saturated carbocycles. The maximum absolute atomic E-state index is 13.0. The van der Waals surface area contributed by atoms with E-state index in [1.165, 1.54) is 12.1 Å². The summed E-state index contributed by atoms with van der Waals surface area (Å²) in [4.78, 5) is 21.0. The summed E-state index contributed by atoms with van der Waals surface area (Å²) in [5.41, 5.74) is 2.08. The van der Waals surface area contributed by atoms with Crippen molar-refractivity contribution in [1.82, 2.24) is 14.3 Å². The number of carbonyl (C=O) groups excluding carboxylic acids is 1. The van der Waals surface area contributed by atoms with Crippen molar-refractivity contribution in [2.75, 3.05) is 31.1 Å². The lowest BCUT2D eigenvalue weighted by Gasteiger charge is -2.35. The molecule has 0 aliphatic carbocycles. The molecule has 2 aromatic heterocycles. The molecular weight excluding hydrogens is 343 g/mol. The van der Waals surface area contributed by atoms with Crippen molar-refractivity contribution < 1.29 is 9.18 Å². The molecular formula is C18H16ClFN4O. The smallest absolute Gasteiger partial charge is 0.274 e. The predicted molar refractivity (Wildman–Crippen MR) is 94.7 cm³/mol. The Labute approximate surface area is 149 Å². The molecule has 1 saturated heterocycles. The number of hydrogen-bond acceptors (Lipinski definition) is 3. The third-order valence-electron chi connectivity index (χ3n) is 4.39. The molecule has 3 heterocycles. The minimum atomic E-state index is -0.246. The lowest BCUT2D eigenvalue weighted by atomic mass is 10.2. The molecule has 25 heavy (non-hydrogen) atoms. The number of carbonyl (C=O) groups is 1. The molecule has 0 N–H and O–H groups in total. The maximum Gasteiger partial charge on any atom is 0.274 e. The summed E-state index contributed by atoms with van der Waals surface area (Å²) in [6.07, 6.45) is 3.43. The number of nitrogens with zero attached hydrogens (tertiary/aromatic N) is 4. The highest BCUT2D eigenvalue weighted by atomic mass is 35.5. The van der Waals surface area contributed by atoms with E-state index in [2.05, 4.69) is 9.88 Å². The molecule has 0 bridgehead atoms. The number of hydrogen-bond donors (Lipinski definition) is 0. The zero-order chi connectivity index (χ0) is 17.4. The number of piperazine rings is 1. The minimum Gasteiger partial charge on any atom is -0.368 e. The minimum absolute atomic E-state index is 0.0846. The highest BCUT2D eigenvalue weighted by Crippen LogP contribution is 2.18. The summed E-state index contributed by atoms with van der Waals surface area (Å²) in [5.74, 6) is -0.330. The van der Waals surface area contributed by atoms with E-state index >= 15 is 0 Å². The average Bonchev–Trinajstić information content (AvgIpc) is 3.05. The van der Waals surface area contributed by atoms with Gasteiger partial charge in [0.1, 0.15) is 17.2 Å². The number of aromatic nitrogens is 2. The van der Waals surface area contributed by atoms with Gasteiger partial charge in [-0.3, -0.25) is 4.79 Å². The van der Waals surface area contributed by atoms with Crippen molar-refractivity contribution in [3.05, 3.63) is 65.3 Å². The number of anilines is 1. The van der Waals surface area contributed by atoms with Crippen LogP contribution in [0, 0.1) is 5.82 Å². The van der Waals surface area contributed by atoms with Crippen LogP contribution >= 0.6 is 11.6 Å². The van der Waals surface area contributed by atoms with Crippen LogP contribution < -0.4 is 4.90 Å². The fraction of sp³-hybridized carbons (Fsp3) is 0.222. The Hall–Kier alpha value is -2.60. The highest BCUT2D eigenvalue weighted by molar-refractivity contribution is 6.30. The Kier molecular flexibility index (Phi) is 4.05. The zero-order valence-electron chi connectivity index (χ0n) is 13.4. The molecule has 0 radical (unpaired) electrons. The number of pyridine rings is 1. The summed E-state index contributed by atoms with van der Waals surface area (Å²) in [6, 6.07) is 9.96. The van der Waals surface area contributed by atoms with E-state index in [4.69, 9.17) is 11.6 Å². The number of rotatable bonds is 2. The summed E-state index contributed by atoms with van der Waals surface area (Å²) in [5, 5.41) is 0.594. The van der Waals surface area contributed by atoms with E-state index in [1.807, 2.05) is 0 Å². The van der Waals surface area contributed by atoms with E-state index in [-0.39, 0.29) is 11.7 Å². The first-order valence-electron chi connectivity index (χ1n) is 8.04. The fourth-order valence-corrected chi connectivity index (χ4v) is 3.22. The second-order valence-corrected chi connectivity index (χ2v) is 6.43. The van der Waals surface area contributed by atoms with Crippen molar-refractivity contribution in [3.63, 3.8) is 0 Å². The highest BCUT2D eigenvalue weighted by Gasteiger charge is 2.24. The number of benzene rings is 1. The van der Waals surface area contributed by atoms with Crippen LogP contribution in [0.4, 0.5) is 10.1 Å². The first kappa shape index (κ1) is 15.9. The van der Waals surface area contributed by atoms with Crippen LogP contribution in [0.2, 0.25) is 5.02 Å². The number of amides is 1. The first-order chi connectivity index (χ1) is 12.1. The molecule has 0 atom stereocenters. The van der Waals surface area contributed by atoms with Crippen molar-refractivity contribution >= 4 is 28.8 Å². The molecule has 1 aliphatic rings. The van der Waals surface area contributed by atoms with Crippen molar-refractivity contribution in [2.24, 2.45) is 0 Å². The molecule has 0 unspecified atom stereocenters. The van der Waals surface area contributed by atoms with Gasteiger partial charge in [0.15, 0.2) is 0 Å². The normalized spacial score (nSPS) is 15.0. The van der Waals surface area contributed by atoms with Crippen LogP contribution in [0.1, 0.15) is 10.5 Å². The predicted octanol–water partition coefficient (Wildman–Crippen LogP) is 3.09. The fourth-order valence-electron chi connectivity index (χ4n) is 3.05. The Bertz CT molecular complexity index is 916. The number of imidazole rings is 1.